The molecular weight excluding hydrogens is 326 g/mol. The van der Waals surface area contributed by atoms with Crippen molar-refractivity contribution in [2.24, 2.45) is 0 Å². The van der Waals surface area contributed by atoms with Crippen LogP contribution in [-0.4, -0.2) is 47.0 Å². The number of amides is 1. The Hall–Kier alpha value is -2.44. The van der Waals surface area contributed by atoms with Crippen molar-refractivity contribution in [1.82, 2.24) is 4.90 Å². The van der Waals surface area contributed by atoms with Crippen LogP contribution in [0.2, 0.25) is 0 Å². The number of carboxylic acids is 1. The van der Waals surface area contributed by atoms with E-state index >= 15 is 0 Å². The van der Waals surface area contributed by atoms with Crippen molar-refractivity contribution in [1.29, 1.82) is 0 Å². The number of hydrogen-bond acceptors (Lipinski definition) is 5. The molecule has 1 unspecified atom stereocenters. The Labute approximate surface area is 147 Å². The molecule has 0 saturated carbocycles. The van der Waals surface area contributed by atoms with Gasteiger partial charge < -0.3 is 19.3 Å². The number of hydrogen-bond donors (Lipinski definition) is 1. The van der Waals surface area contributed by atoms with Crippen LogP contribution in [0, 0.1) is 0 Å². The number of aryl methyl sites for hydroxylation is 1. The molecule has 0 fully saturated rings. The maximum Gasteiger partial charge on any atom is 0.410 e. The van der Waals surface area contributed by atoms with E-state index in [1.54, 1.807) is 26.8 Å². The SMILES string of the molecule is CN(C(=O)OC(C)(C)C)C(C)(CCc1ccc2c(c1)OCO2)C(=O)O. The highest BCUT2D eigenvalue weighted by Gasteiger charge is 2.41. The maximum atomic E-state index is 12.3. The van der Waals surface area contributed by atoms with Gasteiger partial charge >= 0.3 is 12.1 Å². The van der Waals surface area contributed by atoms with Gasteiger partial charge in [-0.3, -0.25) is 4.90 Å². The lowest BCUT2D eigenvalue weighted by molar-refractivity contribution is -0.149. The summed E-state index contributed by atoms with van der Waals surface area (Å²) >= 11 is 0. The molecule has 7 heteroatoms. The molecule has 1 aliphatic rings. The van der Waals surface area contributed by atoms with E-state index in [9.17, 15) is 14.7 Å². The van der Waals surface area contributed by atoms with Crippen molar-refractivity contribution < 1.29 is 28.9 Å². The van der Waals surface area contributed by atoms with Crippen LogP contribution in [-0.2, 0) is 16.0 Å². The lowest BCUT2D eigenvalue weighted by atomic mass is 9.92. The van der Waals surface area contributed by atoms with Crippen molar-refractivity contribution in [3.63, 3.8) is 0 Å². The fraction of sp³-hybridized carbons (Fsp3) is 0.556. The van der Waals surface area contributed by atoms with Crippen molar-refractivity contribution in [3.8, 4) is 11.5 Å². The zero-order valence-corrected chi connectivity index (χ0v) is 15.3. The molecule has 2 rings (SSSR count). The third kappa shape index (κ3) is 4.35. The van der Waals surface area contributed by atoms with Gasteiger partial charge in [-0.05, 0) is 58.2 Å². The monoisotopic (exact) mass is 351 g/mol. The second-order valence-electron chi connectivity index (χ2n) is 7.31. The van der Waals surface area contributed by atoms with Crippen LogP contribution >= 0.6 is 0 Å². The van der Waals surface area contributed by atoms with Gasteiger partial charge in [0, 0.05) is 7.05 Å². The fourth-order valence-electron chi connectivity index (χ4n) is 2.43. The molecule has 25 heavy (non-hydrogen) atoms. The highest BCUT2D eigenvalue weighted by Crippen LogP contribution is 2.33. The Bertz CT molecular complexity index is 666. The summed E-state index contributed by atoms with van der Waals surface area (Å²) in [4.78, 5) is 25.3. The van der Waals surface area contributed by atoms with Gasteiger partial charge in [0.15, 0.2) is 11.5 Å². The zero-order valence-electron chi connectivity index (χ0n) is 15.3. The van der Waals surface area contributed by atoms with Crippen LogP contribution in [0.5, 0.6) is 11.5 Å². The summed E-state index contributed by atoms with van der Waals surface area (Å²) in [6.45, 7) is 6.93. The summed E-state index contributed by atoms with van der Waals surface area (Å²) in [6, 6.07) is 5.49. The van der Waals surface area contributed by atoms with Crippen molar-refractivity contribution in [3.05, 3.63) is 23.8 Å². The second-order valence-corrected chi connectivity index (χ2v) is 7.31. The first kappa shape index (κ1) is 18.9. The molecule has 1 N–H and O–H groups in total. The molecule has 1 aromatic rings. The third-order valence-corrected chi connectivity index (χ3v) is 4.21. The molecule has 0 saturated heterocycles. The highest BCUT2D eigenvalue weighted by atomic mass is 16.7. The van der Waals surface area contributed by atoms with Gasteiger partial charge in [0.05, 0.1) is 0 Å². The van der Waals surface area contributed by atoms with E-state index in [0.717, 1.165) is 10.5 Å². The van der Waals surface area contributed by atoms with Gasteiger partial charge in [0.2, 0.25) is 6.79 Å². The number of likely N-dealkylation sites (N-methyl/N-ethyl adjacent to an activating group) is 1. The Kier molecular flexibility index (Phi) is 5.15. The molecule has 1 heterocycles. The van der Waals surface area contributed by atoms with E-state index in [2.05, 4.69) is 0 Å². The molecule has 0 aliphatic carbocycles. The van der Waals surface area contributed by atoms with Gasteiger partial charge in [-0.1, -0.05) is 6.07 Å². The highest BCUT2D eigenvalue weighted by molar-refractivity contribution is 5.84. The Balaban J connectivity index is 2.11. The van der Waals surface area contributed by atoms with E-state index < -0.39 is 23.2 Å². The van der Waals surface area contributed by atoms with E-state index in [-0.39, 0.29) is 13.2 Å². The number of nitrogens with zero attached hydrogens (tertiary/aromatic N) is 1. The van der Waals surface area contributed by atoms with E-state index in [4.69, 9.17) is 14.2 Å². The molecule has 0 spiro atoms. The van der Waals surface area contributed by atoms with Gasteiger partial charge in [-0.15, -0.1) is 0 Å². The summed E-state index contributed by atoms with van der Waals surface area (Å²) in [6.07, 6.45) is 0.0349. The quantitative estimate of drug-likeness (QED) is 0.877. The fourth-order valence-corrected chi connectivity index (χ4v) is 2.43. The molecule has 1 aromatic carbocycles. The van der Waals surface area contributed by atoms with Crippen LogP contribution in [0.3, 0.4) is 0 Å². The molecule has 7 nitrogen and oxygen atoms in total. The first-order valence-corrected chi connectivity index (χ1v) is 8.12. The summed E-state index contributed by atoms with van der Waals surface area (Å²) in [5.41, 5.74) is -1.17. The Morgan fingerprint density at radius 3 is 2.44 bits per heavy atom. The molecule has 0 radical (unpaired) electrons. The van der Waals surface area contributed by atoms with Gasteiger partial charge in [-0.25, -0.2) is 9.59 Å². The number of rotatable bonds is 5. The first-order valence-electron chi connectivity index (χ1n) is 8.12. The van der Waals surface area contributed by atoms with E-state index in [1.165, 1.54) is 14.0 Å². The summed E-state index contributed by atoms with van der Waals surface area (Å²) < 4.78 is 15.9. The van der Waals surface area contributed by atoms with Crippen LogP contribution < -0.4 is 9.47 Å². The topological polar surface area (TPSA) is 85.3 Å². The number of benzene rings is 1. The van der Waals surface area contributed by atoms with Crippen LogP contribution in [0.25, 0.3) is 0 Å². The van der Waals surface area contributed by atoms with E-state index in [1.807, 2.05) is 12.1 Å². The van der Waals surface area contributed by atoms with Crippen LogP contribution in [0.15, 0.2) is 18.2 Å². The molecule has 0 bridgehead atoms. The predicted octanol–water partition coefficient (Wildman–Crippen LogP) is 3.06. The summed E-state index contributed by atoms with van der Waals surface area (Å²) in [7, 11) is 1.45. The smallest absolute Gasteiger partial charge is 0.410 e. The molecule has 1 amide bonds. The number of carbonyl (C=O) groups excluding carboxylic acids is 1. The number of carbonyl (C=O) groups is 2. The summed E-state index contributed by atoms with van der Waals surface area (Å²) in [5, 5.41) is 9.69. The standard InChI is InChI=1S/C18H25NO6/c1-17(2,3)25-16(22)19(5)18(4,15(20)21)9-8-12-6-7-13-14(10-12)24-11-23-13/h6-7,10H,8-9,11H2,1-5H3,(H,20,21). The lowest BCUT2D eigenvalue weighted by Crippen LogP contribution is -2.54. The normalized spacial score (nSPS) is 15.4. The van der Waals surface area contributed by atoms with Crippen molar-refractivity contribution in [2.75, 3.05) is 13.8 Å². The molecule has 1 atom stereocenters. The minimum atomic E-state index is -1.39. The molecule has 138 valence electrons. The summed E-state index contributed by atoms with van der Waals surface area (Å²) in [5.74, 6) is 0.243. The van der Waals surface area contributed by atoms with E-state index in [0.29, 0.717) is 17.9 Å². The average Bonchev–Trinajstić information content (AvgIpc) is 2.97. The zero-order chi connectivity index (χ0) is 18.8. The second kappa shape index (κ2) is 6.82. The molecule has 1 aliphatic heterocycles. The predicted molar refractivity (Wildman–Crippen MR) is 90.9 cm³/mol. The molecular formula is C18H25NO6. The van der Waals surface area contributed by atoms with Gasteiger partial charge in [0.25, 0.3) is 0 Å². The Morgan fingerprint density at radius 2 is 1.84 bits per heavy atom. The third-order valence-electron chi connectivity index (χ3n) is 4.21. The number of ether oxygens (including phenoxy) is 3. The van der Waals surface area contributed by atoms with Crippen molar-refractivity contribution >= 4 is 12.1 Å². The number of aliphatic carboxylic acids is 1. The van der Waals surface area contributed by atoms with Gasteiger partial charge in [0.1, 0.15) is 11.1 Å². The van der Waals surface area contributed by atoms with Crippen LogP contribution in [0.4, 0.5) is 4.79 Å². The number of fused-ring (bicyclic) bond motifs is 1. The average molecular weight is 351 g/mol. The van der Waals surface area contributed by atoms with Gasteiger partial charge in [-0.2, -0.15) is 0 Å². The minimum Gasteiger partial charge on any atom is -0.480 e. The maximum absolute atomic E-state index is 12.3. The van der Waals surface area contributed by atoms with Crippen molar-refractivity contribution in [2.45, 2.75) is 51.7 Å². The molecule has 0 aromatic heterocycles. The lowest BCUT2D eigenvalue weighted by Gasteiger charge is -2.36. The van der Waals surface area contributed by atoms with Crippen LogP contribution in [0.1, 0.15) is 39.7 Å². The largest absolute Gasteiger partial charge is 0.480 e. The Morgan fingerprint density at radius 1 is 1.20 bits per heavy atom. The number of carboxylic acid groups (broad SMARTS) is 1. The minimum absolute atomic E-state index is 0.188. The first-order chi connectivity index (χ1) is 11.5.